The van der Waals surface area contributed by atoms with E-state index in [0.29, 0.717) is 17.5 Å². The highest BCUT2D eigenvalue weighted by molar-refractivity contribution is 8.00. The number of benzene rings is 5. The number of allylic oxidation sites excluding steroid dienone is 4. The van der Waals surface area contributed by atoms with Crippen molar-refractivity contribution in [2.45, 2.75) is 28.9 Å². The molecule has 0 saturated carbocycles. The molecule has 0 spiro atoms. The van der Waals surface area contributed by atoms with Gasteiger partial charge in [0.05, 0.1) is 34.5 Å². The maximum absolute atomic E-state index is 10.5. The predicted molar refractivity (Wildman–Crippen MR) is 209 cm³/mol. The molecular weight excluding hydrogens is 661 g/mol. The van der Waals surface area contributed by atoms with Crippen LogP contribution in [0.4, 0.5) is 0 Å². The zero-order valence-electron chi connectivity index (χ0n) is 27.2. The molecule has 2 aromatic heterocycles. The minimum Gasteiger partial charge on any atom is -0.311 e. The first-order valence-electron chi connectivity index (χ1n) is 17.0. The van der Waals surface area contributed by atoms with Crippen LogP contribution in [0.3, 0.4) is 0 Å². The highest BCUT2D eigenvalue weighted by Crippen LogP contribution is 2.55. The largest absolute Gasteiger partial charge is 0.311 e. The Morgan fingerprint density at radius 3 is 2.43 bits per heavy atom. The standard InChI is InChI=1S/C45H26N4S2/c46-23-26-12-17-40-36(20-26)33-9-3-4-11-39(33)49(40)43-30(25-48)7-5-10-32(43)28-14-19-42-38(22-28)35-16-15-34-37-21-27(31-8-2-1-6-29(31)24-47)13-18-41(37)50-44(34)45(35)51-42/h1-11,13-16,18-22,38,42H,12,17H2. The Bertz CT molecular complexity index is 2890. The summed E-state index contributed by atoms with van der Waals surface area (Å²) in [6, 6.07) is 40.6. The van der Waals surface area contributed by atoms with Crippen LogP contribution in [0.15, 0.2) is 126 Å². The van der Waals surface area contributed by atoms with Gasteiger partial charge in [-0.1, -0.05) is 85.0 Å². The van der Waals surface area contributed by atoms with Crippen LogP contribution < -0.4 is 0 Å². The van der Waals surface area contributed by atoms with E-state index in [4.69, 9.17) is 0 Å². The normalized spacial score (nSPS) is 17.3. The van der Waals surface area contributed by atoms with Crippen molar-refractivity contribution in [2.24, 2.45) is 0 Å². The molecule has 6 heteroatoms. The summed E-state index contributed by atoms with van der Waals surface area (Å²) in [6.45, 7) is 0. The third-order valence-electron chi connectivity index (χ3n) is 10.6. The van der Waals surface area contributed by atoms with E-state index in [2.05, 4.69) is 89.5 Å². The van der Waals surface area contributed by atoms with Gasteiger partial charge in [0, 0.05) is 64.0 Å². The van der Waals surface area contributed by atoms with E-state index in [1.54, 1.807) is 0 Å². The summed E-state index contributed by atoms with van der Waals surface area (Å²) in [5.41, 5.74) is 11.8. The Labute approximate surface area is 303 Å². The average Bonchev–Trinajstić information content (AvgIpc) is 3.86. The van der Waals surface area contributed by atoms with Crippen LogP contribution >= 0.6 is 23.1 Å². The van der Waals surface area contributed by atoms with Crippen LogP contribution in [0.2, 0.25) is 0 Å². The fraction of sp³-hybridized carbons (Fsp3) is 0.0889. The molecule has 5 aromatic carbocycles. The van der Waals surface area contributed by atoms with Crippen molar-refractivity contribution in [3.05, 3.63) is 154 Å². The first kappa shape index (κ1) is 29.8. The molecule has 0 amide bonds. The number of fused-ring (bicyclic) bond motifs is 10. The van der Waals surface area contributed by atoms with Gasteiger partial charge in [-0.2, -0.15) is 15.8 Å². The van der Waals surface area contributed by atoms with Gasteiger partial charge in [0.15, 0.2) is 0 Å². The summed E-state index contributed by atoms with van der Waals surface area (Å²) < 4.78 is 4.85. The molecule has 238 valence electrons. The van der Waals surface area contributed by atoms with Gasteiger partial charge in [0.2, 0.25) is 0 Å². The Kier molecular flexibility index (Phi) is 6.70. The molecular formula is C45H26N4S2. The molecule has 2 aliphatic carbocycles. The first-order valence-corrected chi connectivity index (χ1v) is 18.7. The number of para-hydroxylation sites is 2. The lowest BCUT2D eigenvalue weighted by atomic mass is 9.86. The Morgan fingerprint density at radius 2 is 1.55 bits per heavy atom. The van der Waals surface area contributed by atoms with Gasteiger partial charge in [0.1, 0.15) is 6.07 Å². The van der Waals surface area contributed by atoms with Crippen LogP contribution in [0.1, 0.15) is 45.8 Å². The summed E-state index contributed by atoms with van der Waals surface area (Å²) in [6.07, 6.45) is 10.5. The van der Waals surface area contributed by atoms with E-state index >= 15 is 0 Å². The SMILES string of the molecule is N#CC1=Cc2c(n(-c3c(C#N)cccc3C3=CC4c5ccc6c(sc7ccc(-c8ccccc8C#N)cc76)c5SC4C=C3)c3ccccc23)CC1. The number of nitrogens with zero attached hydrogens (tertiary/aromatic N) is 4. The molecule has 4 nitrogen and oxygen atoms in total. The van der Waals surface area contributed by atoms with E-state index in [-0.39, 0.29) is 11.2 Å². The quantitative estimate of drug-likeness (QED) is 0.185. The number of hydrogen-bond acceptors (Lipinski definition) is 5. The number of thioether (sulfide) groups is 1. The smallest absolute Gasteiger partial charge is 0.101 e. The number of nitriles is 3. The maximum Gasteiger partial charge on any atom is 0.101 e. The van der Waals surface area contributed by atoms with Gasteiger partial charge in [-0.05, 0) is 71.5 Å². The number of hydrogen-bond donors (Lipinski definition) is 0. The van der Waals surface area contributed by atoms with Crippen LogP contribution in [0.5, 0.6) is 0 Å². The molecule has 2 atom stereocenters. The first-order chi connectivity index (χ1) is 25.1. The minimum atomic E-state index is 0.202. The molecule has 0 radical (unpaired) electrons. The molecule has 0 N–H and O–H groups in total. The molecule has 3 aliphatic rings. The van der Waals surface area contributed by atoms with Crippen molar-refractivity contribution in [1.29, 1.82) is 15.8 Å². The lowest BCUT2D eigenvalue weighted by Crippen LogP contribution is -2.12. The number of aromatic nitrogens is 1. The third-order valence-corrected chi connectivity index (χ3v) is 13.3. The Morgan fingerprint density at radius 1 is 0.725 bits per heavy atom. The zero-order valence-corrected chi connectivity index (χ0v) is 28.9. The molecule has 10 rings (SSSR count). The van der Waals surface area contributed by atoms with E-state index in [0.717, 1.165) is 62.1 Å². The van der Waals surface area contributed by atoms with Crippen molar-refractivity contribution in [3.63, 3.8) is 0 Å². The number of rotatable bonds is 3. The van der Waals surface area contributed by atoms with Gasteiger partial charge < -0.3 is 4.57 Å². The summed E-state index contributed by atoms with van der Waals surface area (Å²) >= 11 is 3.80. The van der Waals surface area contributed by atoms with E-state index in [1.807, 2.05) is 77.7 Å². The second-order valence-electron chi connectivity index (χ2n) is 13.2. The Balaban J connectivity index is 1.11. The molecule has 2 unspecified atom stereocenters. The zero-order chi connectivity index (χ0) is 34.2. The van der Waals surface area contributed by atoms with Gasteiger partial charge in [-0.3, -0.25) is 0 Å². The van der Waals surface area contributed by atoms with E-state index in [1.165, 1.54) is 30.6 Å². The Hall–Kier alpha value is -6.10. The third kappa shape index (κ3) is 4.43. The monoisotopic (exact) mass is 686 g/mol. The lowest BCUT2D eigenvalue weighted by molar-refractivity contribution is 0.867. The van der Waals surface area contributed by atoms with Gasteiger partial charge in [-0.25, -0.2) is 0 Å². The van der Waals surface area contributed by atoms with E-state index < -0.39 is 0 Å². The van der Waals surface area contributed by atoms with Crippen molar-refractivity contribution in [3.8, 4) is 35.0 Å². The molecule has 51 heavy (non-hydrogen) atoms. The van der Waals surface area contributed by atoms with Crippen molar-refractivity contribution in [2.75, 3.05) is 0 Å². The lowest BCUT2D eigenvalue weighted by Gasteiger charge is -2.23. The van der Waals surface area contributed by atoms with Gasteiger partial charge >= 0.3 is 0 Å². The molecule has 7 aromatic rings. The van der Waals surface area contributed by atoms with Crippen molar-refractivity contribution >= 4 is 65.8 Å². The highest BCUT2D eigenvalue weighted by atomic mass is 32.2. The summed E-state index contributed by atoms with van der Waals surface area (Å²) in [5.74, 6) is 0.202. The van der Waals surface area contributed by atoms with Gasteiger partial charge in [-0.15, -0.1) is 23.1 Å². The second kappa shape index (κ2) is 11.5. The number of thiophene rings is 1. The minimum absolute atomic E-state index is 0.202. The van der Waals surface area contributed by atoms with E-state index in [9.17, 15) is 15.8 Å². The van der Waals surface area contributed by atoms with Crippen molar-refractivity contribution in [1.82, 2.24) is 4.57 Å². The van der Waals surface area contributed by atoms with Crippen LogP contribution in [0, 0.1) is 34.0 Å². The maximum atomic E-state index is 10.5. The van der Waals surface area contributed by atoms with Crippen LogP contribution in [-0.4, -0.2) is 9.82 Å². The van der Waals surface area contributed by atoms with Crippen LogP contribution in [-0.2, 0) is 6.42 Å². The fourth-order valence-corrected chi connectivity index (χ4v) is 11.0. The van der Waals surface area contributed by atoms with Crippen molar-refractivity contribution < 1.29 is 0 Å². The van der Waals surface area contributed by atoms with Gasteiger partial charge in [0.25, 0.3) is 0 Å². The van der Waals surface area contributed by atoms with Crippen LogP contribution in [0.25, 0.3) is 59.5 Å². The molecule has 3 heterocycles. The predicted octanol–water partition coefficient (Wildman–Crippen LogP) is 11.5. The molecule has 1 aliphatic heterocycles. The second-order valence-corrected chi connectivity index (χ2v) is 15.5. The molecule has 0 fully saturated rings. The molecule has 0 bridgehead atoms. The highest BCUT2D eigenvalue weighted by Gasteiger charge is 2.35. The topological polar surface area (TPSA) is 76.3 Å². The summed E-state index contributed by atoms with van der Waals surface area (Å²) in [4.78, 5) is 1.35. The average molecular weight is 687 g/mol. The summed E-state index contributed by atoms with van der Waals surface area (Å²) in [7, 11) is 0. The summed E-state index contributed by atoms with van der Waals surface area (Å²) in [5, 5.41) is 33.8. The molecule has 0 saturated heterocycles. The fourth-order valence-electron chi connectivity index (χ4n) is 8.25.